The summed E-state index contributed by atoms with van der Waals surface area (Å²) in [5.41, 5.74) is 7.42. The van der Waals surface area contributed by atoms with Gasteiger partial charge in [0, 0.05) is 11.1 Å². The fourth-order valence-corrected chi connectivity index (χ4v) is 2.26. The maximum absolute atomic E-state index is 12.1. The number of hydrogen-bond acceptors (Lipinski definition) is 2. The lowest BCUT2D eigenvalue weighted by atomic mass is 10.1. The normalized spacial score (nSPS) is 10.2. The van der Waals surface area contributed by atoms with Crippen molar-refractivity contribution in [3.63, 3.8) is 0 Å². The van der Waals surface area contributed by atoms with E-state index in [2.05, 4.69) is 10.9 Å². The van der Waals surface area contributed by atoms with Crippen LogP contribution in [-0.4, -0.2) is 11.8 Å². The highest BCUT2D eigenvalue weighted by Crippen LogP contribution is 2.22. The van der Waals surface area contributed by atoms with Gasteiger partial charge in [0.2, 0.25) is 0 Å². The second-order valence-electron chi connectivity index (χ2n) is 4.86. The third kappa shape index (κ3) is 3.78. The van der Waals surface area contributed by atoms with Crippen molar-refractivity contribution >= 4 is 35.0 Å². The Hall–Kier alpha value is -2.04. The van der Waals surface area contributed by atoms with Crippen LogP contribution in [0.1, 0.15) is 31.8 Å². The summed E-state index contributed by atoms with van der Waals surface area (Å²) >= 11 is 11.6. The molecule has 0 saturated heterocycles. The fraction of sp³-hybridized carbons (Fsp3) is 0.125. The molecule has 0 aliphatic rings. The van der Waals surface area contributed by atoms with E-state index >= 15 is 0 Å². The molecule has 6 heteroatoms. The highest BCUT2D eigenvalue weighted by molar-refractivity contribution is 6.42. The van der Waals surface area contributed by atoms with Crippen molar-refractivity contribution in [1.82, 2.24) is 10.9 Å². The molecule has 0 heterocycles. The molecule has 2 aromatic carbocycles. The van der Waals surface area contributed by atoms with Gasteiger partial charge in [-0.2, -0.15) is 0 Å². The van der Waals surface area contributed by atoms with Crippen LogP contribution in [0, 0.1) is 13.8 Å². The van der Waals surface area contributed by atoms with Crippen molar-refractivity contribution in [2.24, 2.45) is 0 Å². The van der Waals surface area contributed by atoms with Crippen molar-refractivity contribution in [3.05, 3.63) is 68.7 Å². The summed E-state index contributed by atoms with van der Waals surface area (Å²) in [6, 6.07) is 9.92. The third-order valence-electron chi connectivity index (χ3n) is 3.10. The molecule has 0 unspecified atom stereocenters. The van der Waals surface area contributed by atoms with Crippen LogP contribution in [0.2, 0.25) is 10.0 Å². The average molecular weight is 337 g/mol. The minimum absolute atomic E-state index is 0.273. The van der Waals surface area contributed by atoms with Crippen LogP contribution in [0.5, 0.6) is 0 Å². The molecule has 0 bridgehead atoms. The van der Waals surface area contributed by atoms with Crippen LogP contribution >= 0.6 is 23.2 Å². The Kier molecular flexibility index (Phi) is 5.06. The summed E-state index contributed by atoms with van der Waals surface area (Å²) in [6.45, 7) is 3.78. The number of carbonyl (C=O) groups excluding carboxylic acids is 2. The van der Waals surface area contributed by atoms with E-state index in [9.17, 15) is 9.59 Å². The molecule has 2 rings (SSSR count). The molecular weight excluding hydrogens is 323 g/mol. The number of aryl methyl sites for hydroxylation is 2. The van der Waals surface area contributed by atoms with E-state index in [1.807, 2.05) is 26.0 Å². The zero-order valence-corrected chi connectivity index (χ0v) is 13.5. The largest absolute Gasteiger partial charge is 0.269 e. The van der Waals surface area contributed by atoms with Gasteiger partial charge in [0.25, 0.3) is 11.8 Å². The predicted molar refractivity (Wildman–Crippen MR) is 87.3 cm³/mol. The highest BCUT2D eigenvalue weighted by atomic mass is 35.5. The van der Waals surface area contributed by atoms with Crippen LogP contribution in [0.4, 0.5) is 0 Å². The van der Waals surface area contributed by atoms with Gasteiger partial charge < -0.3 is 0 Å². The van der Waals surface area contributed by atoms with Gasteiger partial charge in [0.15, 0.2) is 0 Å². The lowest BCUT2D eigenvalue weighted by molar-refractivity contribution is 0.0846. The molecule has 0 aliphatic carbocycles. The number of hydrazine groups is 1. The number of halogens is 2. The number of nitrogens with one attached hydrogen (secondary N) is 2. The first-order valence-corrected chi connectivity index (χ1v) is 7.27. The van der Waals surface area contributed by atoms with Gasteiger partial charge >= 0.3 is 0 Å². The quantitative estimate of drug-likeness (QED) is 0.821. The molecule has 0 aliphatic heterocycles. The van der Waals surface area contributed by atoms with E-state index in [-0.39, 0.29) is 10.9 Å². The van der Waals surface area contributed by atoms with E-state index in [1.165, 1.54) is 18.2 Å². The Morgan fingerprint density at radius 1 is 0.864 bits per heavy atom. The molecule has 0 aromatic heterocycles. The first-order chi connectivity index (χ1) is 10.4. The number of benzene rings is 2. The van der Waals surface area contributed by atoms with Gasteiger partial charge in [-0.1, -0.05) is 40.9 Å². The minimum Gasteiger partial charge on any atom is -0.267 e. The molecular formula is C16H14Cl2N2O2. The van der Waals surface area contributed by atoms with Crippen LogP contribution < -0.4 is 10.9 Å². The fourth-order valence-electron chi connectivity index (χ4n) is 1.96. The molecule has 0 atom stereocenters. The molecule has 4 nitrogen and oxygen atoms in total. The standard InChI is InChI=1S/C16H14Cl2N2O2/c1-9-3-5-12(10(2)7-9)16(22)20-19-15(21)11-4-6-13(17)14(18)8-11/h3-8H,1-2H3,(H,19,21)(H,20,22). The van der Waals surface area contributed by atoms with Crippen LogP contribution in [-0.2, 0) is 0 Å². The topological polar surface area (TPSA) is 58.2 Å². The molecule has 2 amide bonds. The number of carbonyl (C=O) groups is 2. The molecule has 2 aromatic rings. The average Bonchev–Trinajstić information content (AvgIpc) is 2.47. The maximum Gasteiger partial charge on any atom is 0.269 e. The van der Waals surface area contributed by atoms with Crippen LogP contribution in [0.3, 0.4) is 0 Å². The van der Waals surface area contributed by atoms with Crippen molar-refractivity contribution in [2.75, 3.05) is 0 Å². The monoisotopic (exact) mass is 336 g/mol. The Balaban J connectivity index is 2.04. The number of amides is 2. The summed E-state index contributed by atoms with van der Waals surface area (Å²) in [5.74, 6) is -0.859. The SMILES string of the molecule is Cc1ccc(C(=O)NNC(=O)c2ccc(Cl)c(Cl)c2)c(C)c1. The van der Waals surface area contributed by atoms with Crippen molar-refractivity contribution in [2.45, 2.75) is 13.8 Å². The second-order valence-corrected chi connectivity index (χ2v) is 5.67. The summed E-state index contributed by atoms with van der Waals surface area (Å²) in [6.07, 6.45) is 0. The Labute approximate surface area is 138 Å². The first-order valence-electron chi connectivity index (χ1n) is 6.51. The molecule has 0 spiro atoms. The molecule has 2 N–H and O–H groups in total. The van der Waals surface area contributed by atoms with E-state index < -0.39 is 5.91 Å². The molecule has 0 fully saturated rings. The highest BCUT2D eigenvalue weighted by Gasteiger charge is 2.12. The second kappa shape index (κ2) is 6.81. The molecule has 0 saturated carbocycles. The Morgan fingerprint density at radius 2 is 1.55 bits per heavy atom. The van der Waals surface area contributed by atoms with E-state index in [1.54, 1.807) is 6.07 Å². The number of hydrogen-bond donors (Lipinski definition) is 2. The summed E-state index contributed by atoms with van der Waals surface area (Å²) in [5, 5.41) is 0.632. The molecule has 114 valence electrons. The minimum atomic E-state index is -0.475. The van der Waals surface area contributed by atoms with Crippen LogP contribution in [0.25, 0.3) is 0 Å². The van der Waals surface area contributed by atoms with Gasteiger partial charge in [-0.3, -0.25) is 20.4 Å². The van der Waals surface area contributed by atoms with E-state index in [0.717, 1.165) is 11.1 Å². The maximum atomic E-state index is 12.1. The smallest absolute Gasteiger partial charge is 0.267 e. The lowest BCUT2D eigenvalue weighted by Gasteiger charge is -2.10. The van der Waals surface area contributed by atoms with Crippen LogP contribution in [0.15, 0.2) is 36.4 Å². The summed E-state index contributed by atoms with van der Waals surface area (Å²) in [7, 11) is 0. The van der Waals surface area contributed by atoms with Gasteiger partial charge in [0.1, 0.15) is 0 Å². The lowest BCUT2D eigenvalue weighted by Crippen LogP contribution is -2.41. The van der Waals surface area contributed by atoms with Gasteiger partial charge in [-0.15, -0.1) is 0 Å². The summed E-state index contributed by atoms with van der Waals surface area (Å²) < 4.78 is 0. The van der Waals surface area contributed by atoms with Gasteiger partial charge in [0.05, 0.1) is 10.0 Å². The number of rotatable bonds is 2. The Bertz CT molecular complexity index is 745. The third-order valence-corrected chi connectivity index (χ3v) is 3.84. The summed E-state index contributed by atoms with van der Waals surface area (Å²) in [4.78, 5) is 24.0. The van der Waals surface area contributed by atoms with E-state index in [0.29, 0.717) is 16.1 Å². The zero-order chi connectivity index (χ0) is 16.3. The van der Waals surface area contributed by atoms with Gasteiger partial charge in [-0.25, -0.2) is 0 Å². The zero-order valence-electron chi connectivity index (χ0n) is 12.0. The van der Waals surface area contributed by atoms with Gasteiger partial charge in [-0.05, 0) is 43.7 Å². The molecule has 0 radical (unpaired) electrons. The van der Waals surface area contributed by atoms with Crippen molar-refractivity contribution in [1.29, 1.82) is 0 Å². The first kappa shape index (κ1) is 16.3. The van der Waals surface area contributed by atoms with Crippen molar-refractivity contribution in [3.8, 4) is 0 Å². The van der Waals surface area contributed by atoms with E-state index in [4.69, 9.17) is 23.2 Å². The van der Waals surface area contributed by atoms with Crippen molar-refractivity contribution < 1.29 is 9.59 Å². The Morgan fingerprint density at radius 3 is 2.18 bits per heavy atom. The predicted octanol–water partition coefficient (Wildman–Crippen LogP) is 3.69. The molecule has 22 heavy (non-hydrogen) atoms.